The highest BCUT2D eigenvalue weighted by Gasteiger charge is 2.37. The van der Waals surface area contributed by atoms with E-state index in [1.165, 1.54) is 36.4 Å². The molecule has 2 nitrogen and oxygen atoms in total. The predicted molar refractivity (Wildman–Crippen MR) is 59.0 cm³/mol. The van der Waals surface area contributed by atoms with Crippen molar-refractivity contribution in [2.75, 3.05) is 0 Å². The smallest absolute Gasteiger partial charge is 0.0835 e. The van der Waals surface area contributed by atoms with Gasteiger partial charge in [0.15, 0.2) is 0 Å². The van der Waals surface area contributed by atoms with E-state index in [0.29, 0.717) is 6.04 Å². The fourth-order valence-corrected chi connectivity index (χ4v) is 3.09. The predicted octanol–water partition coefficient (Wildman–Crippen LogP) is 2.75. The summed E-state index contributed by atoms with van der Waals surface area (Å²) in [6.07, 6.45) is 5.09. The van der Waals surface area contributed by atoms with Gasteiger partial charge in [0.2, 0.25) is 0 Å². The molecular weight excluding hydrogens is 172 g/mol. The number of allylic oxidation sites excluding steroid dienone is 1. The lowest BCUT2D eigenvalue weighted by Gasteiger charge is -2.24. The maximum absolute atomic E-state index is 4.77. The second kappa shape index (κ2) is 2.78. The van der Waals surface area contributed by atoms with E-state index >= 15 is 0 Å². The van der Waals surface area contributed by atoms with Crippen LogP contribution in [0.4, 0.5) is 0 Å². The van der Waals surface area contributed by atoms with Gasteiger partial charge in [-0.15, -0.1) is 0 Å². The van der Waals surface area contributed by atoms with Crippen molar-refractivity contribution in [2.24, 2.45) is 15.9 Å². The van der Waals surface area contributed by atoms with Crippen LogP contribution in [0.25, 0.3) is 0 Å². The van der Waals surface area contributed by atoms with E-state index < -0.39 is 0 Å². The number of fused-ring (bicyclic) bond motifs is 2. The van der Waals surface area contributed by atoms with Gasteiger partial charge in [0.25, 0.3) is 0 Å². The molecule has 1 aliphatic carbocycles. The van der Waals surface area contributed by atoms with Gasteiger partial charge in [0.05, 0.1) is 17.5 Å². The molecule has 0 radical (unpaired) electrons. The van der Waals surface area contributed by atoms with Crippen LogP contribution in [0.5, 0.6) is 0 Å². The number of dihydropyridines is 1. The summed E-state index contributed by atoms with van der Waals surface area (Å²) in [4.78, 5) is 9.39. The Kier molecular flexibility index (Phi) is 1.67. The largest absolute Gasteiger partial charge is 0.284 e. The summed E-state index contributed by atoms with van der Waals surface area (Å²) in [7, 11) is 0. The number of aliphatic imine (C=N–C) groups is 2. The summed E-state index contributed by atoms with van der Waals surface area (Å²) in [5, 5.41) is 0. The second-order valence-electron chi connectivity index (χ2n) is 4.72. The van der Waals surface area contributed by atoms with Gasteiger partial charge in [-0.3, -0.25) is 9.98 Å². The maximum Gasteiger partial charge on any atom is 0.0835 e. The Morgan fingerprint density at radius 3 is 2.93 bits per heavy atom. The summed E-state index contributed by atoms with van der Waals surface area (Å²) >= 11 is 0. The van der Waals surface area contributed by atoms with Gasteiger partial charge in [-0.2, -0.15) is 0 Å². The van der Waals surface area contributed by atoms with Crippen molar-refractivity contribution in [1.82, 2.24) is 0 Å². The first-order valence-electron chi connectivity index (χ1n) is 5.57. The zero-order chi connectivity index (χ0) is 9.71. The van der Waals surface area contributed by atoms with Gasteiger partial charge < -0.3 is 0 Å². The maximum atomic E-state index is 4.77. The zero-order valence-electron chi connectivity index (χ0n) is 8.88. The van der Waals surface area contributed by atoms with Crippen molar-refractivity contribution >= 4 is 11.4 Å². The molecule has 2 heterocycles. The molecule has 2 atom stereocenters. The van der Waals surface area contributed by atoms with E-state index in [1.807, 2.05) is 0 Å². The SMILES string of the molecule is CC1=NC2=C(C1)C1CCCC1N=C2C. The summed E-state index contributed by atoms with van der Waals surface area (Å²) in [5.41, 5.74) is 5.28. The minimum Gasteiger partial charge on any atom is -0.284 e. The molecule has 3 aliphatic rings. The highest BCUT2D eigenvalue weighted by Crippen LogP contribution is 2.42. The van der Waals surface area contributed by atoms with Crippen LogP contribution in [0.1, 0.15) is 39.5 Å². The minimum atomic E-state index is 0.592. The van der Waals surface area contributed by atoms with Crippen LogP contribution in [0.15, 0.2) is 21.3 Å². The molecule has 0 aromatic carbocycles. The molecule has 0 amide bonds. The summed E-state index contributed by atoms with van der Waals surface area (Å²) < 4.78 is 0. The summed E-state index contributed by atoms with van der Waals surface area (Å²) in [6, 6.07) is 0.592. The molecule has 0 bridgehead atoms. The third-order valence-electron chi connectivity index (χ3n) is 3.68. The normalized spacial score (nSPS) is 35.3. The summed E-state index contributed by atoms with van der Waals surface area (Å²) in [6.45, 7) is 4.25. The lowest BCUT2D eigenvalue weighted by atomic mass is 9.87. The van der Waals surface area contributed by atoms with Crippen molar-refractivity contribution in [2.45, 2.75) is 45.6 Å². The van der Waals surface area contributed by atoms with Crippen molar-refractivity contribution in [3.05, 3.63) is 11.3 Å². The standard InChI is InChI=1S/C12H16N2/c1-7-6-10-9-4-3-5-11(9)14-8(2)12(10)13-7/h9,11H,3-6H2,1-2H3. The van der Waals surface area contributed by atoms with Gasteiger partial charge in [-0.05, 0) is 32.3 Å². The van der Waals surface area contributed by atoms with Crippen LogP contribution in [0.3, 0.4) is 0 Å². The van der Waals surface area contributed by atoms with E-state index in [2.05, 4.69) is 18.8 Å². The van der Waals surface area contributed by atoms with E-state index in [0.717, 1.165) is 12.3 Å². The van der Waals surface area contributed by atoms with Crippen molar-refractivity contribution in [1.29, 1.82) is 0 Å². The molecule has 1 saturated carbocycles. The van der Waals surface area contributed by atoms with Crippen molar-refractivity contribution in [3.8, 4) is 0 Å². The first-order valence-corrected chi connectivity index (χ1v) is 5.57. The lowest BCUT2D eigenvalue weighted by Crippen LogP contribution is -2.22. The Morgan fingerprint density at radius 2 is 2.07 bits per heavy atom. The fraction of sp³-hybridized carbons (Fsp3) is 0.667. The molecule has 1 fully saturated rings. The van der Waals surface area contributed by atoms with Gasteiger partial charge >= 0.3 is 0 Å². The Morgan fingerprint density at radius 1 is 1.21 bits per heavy atom. The molecule has 0 saturated heterocycles. The lowest BCUT2D eigenvalue weighted by molar-refractivity contribution is 0.540. The summed E-state index contributed by atoms with van der Waals surface area (Å²) in [5.74, 6) is 0.731. The molecule has 0 spiro atoms. The van der Waals surface area contributed by atoms with Crippen LogP contribution < -0.4 is 0 Å². The molecule has 0 aromatic rings. The fourth-order valence-electron chi connectivity index (χ4n) is 3.09. The molecule has 2 heteroatoms. The van der Waals surface area contributed by atoms with E-state index in [4.69, 9.17) is 4.99 Å². The molecule has 74 valence electrons. The Bertz CT molecular complexity index is 374. The first kappa shape index (κ1) is 8.39. The zero-order valence-corrected chi connectivity index (χ0v) is 8.88. The van der Waals surface area contributed by atoms with E-state index in [-0.39, 0.29) is 0 Å². The van der Waals surface area contributed by atoms with Crippen molar-refractivity contribution in [3.63, 3.8) is 0 Å². The monoisotopic (exact) mass is 188 g/mol. The van der Waals surface area contributed by atoms with Crippen LogP contribution in [-0.2, 0) is 0 Å². The van der Waals surface area contributed by atoms with Crippen LogP contribution in [0, 0.1) is 5.92 Å². The number of nitrogens with zero attached hydrogens (tertiary/aromatic N) is 2. The van der Waals surface area contributed by atoms with E-state index in [1.54, 1.807) is 5.57 Å². The van der Waals surface area contributed by atoms with Gasteiger partial charge in [0, 0.05) is 18.1 Å². The van der Waals surface area contributed by atoms with Gasteiger partial charge in [-0.25, -0.2) is 0 Å². The average Bonchev–Trinajstić information content (AvgIpc) is 2.69. The molecule has 0 aromatic heterocycles. The topological polar surface area (TPSA) is 24.7 Å². The quantitative estimate of drug-likeness (QED) is 0.558. The first-order chi connectivity index (χ1) is 6.75. The molecule has 3 rings (SSSR count). The number of rotatable bonds is 0. The Labute approximate surface area is 84.8 Å². The van der Waals surface area contributed by atoms with Crippen LogP contribution >= 0.6 is 0 Å². The minimum absolute atomic E-state index is 0.592. The van der Waals surface area contributed by atoms with Gasteiger partial charge in [0.1, 0.15) is 0 Å². The van der Waals surface area contributed by atoms with Crippen LogP contribution in [-0.4, -0.2) is 17.5 Å². The third-order valence-corrected chi connectivity index (χ3v) is 3.68. The van der Waals surface area contributed by atoms with E-state index in [9.17, 15) is 0 Å². The Hall–Kier alpha value is -0.920. The van der Waals surface area contributed by atoms with Crippen LogP contribution in [0.2, 0.25) is 0 Å². The number of hydrogen-bond donors (Lipinski definition) is 0. The third kappa shape index (κ3) is 1.03. The highest BCUT2D eigenvalue weighted by atomic mass is 14.9. The average molecular weight is 188 g/mol. The molecule has 0 N–H and O–H groups in total. The second-order valence-corrected chi connectivity index (χ2v) is 4.72. The van der Waals surface area contributed by atoms with Gasteiger partial charge in [-0.1, -0.05) is 6.42 Å². The molecule has 2 unspecified atom stereocenters. The number of hydrogen-bond acceptors (Lipinski definition) is 2. The molecular formula is C12H16N2. The molecule has 14 heavy (non-hydrogen) atoms. The van der Waals surface area contributed by atoms with Crippen molar-refractivity contribution < 1.29 is 0 Å². The molecule has 2 aliphatic heterocycles. The highest BCUT2D eigenvalue weighted by molar-refractivity contribution is 6.05. The Balaban J connectivity index is 2.04.